The zero-order valence-corrected chi connectivity index (χ0v) is 47.1. The molecule has 0 N–H and O–H groups in total. The molecule has 16 aromatic rings. The van der Waals surface area contributed by atoms with Crippen LogP contribution < -0.4 is 20.0 Å². The molecule has 84 heavy (non-hydrogen) atoms. The van der Waals surface area contributed by atoms with Crippen LogP contribution in [0.5, 0.6) is 0 Å². The van der Waals surface area contributed by atoms with Gasteiger partial charge >= 0.3 is 0 Å². The highest BCUT2D eigenvalue weighted by Crippen LogP contribution is 2.53. The van der Waals surface area contributed by atoms with Crippen molar-refractivity contribution in [2.24, 2.45) is 0 Å². The third kappa shape index (κ3) is 7.54. The Morgan fingerprint density at radius 2 is 0.429 bits per heavy atom. The van der Waals surface area contributed by atoms with Gasteiger partial charge in [-0.25, -0.2) is 20.0 Å². The minimum absolute atomic E-state index is 1.03. The summed E-state index contributed by atoms with van der Waals surface area (Å²) in [5.74, 6) is 0. The highest BCUT2D eigenvalue weighted by molar-refractivity contribution is 6.32. The van der Waals surface area contributed by atoms with Gasteiger partial charge in [-0.05, 0) is 135 Å². The number of aromatic nitrogens is 4. The molecule has 8 nitrogen and oxygen atoms in total. The first-order chi connectivity index (χ1) is 41.4. The summed E-state index contributed by atoms with van der Waals surface area (Å²) >= 11 is 0. The minimum Gasteiger partial charge on any atom is -0.256 e. The fraction of sp³-hybridized carbons (Fsp3) is 0.0526. The minimum atomic E-state index is 1.03. The van der Waals surface area contributed by atoms with Gasteiger partial charge in [0.2, 0.25) is 0 Å². The maximum absolute atomic E-state index is 2.45. The summed E-state index contributed by atoms with van der Waals surface area (Å²) in [6, 6.07) is 93.5. The topological polar surface area (TPSA) is 32.7 Å². The van der Waals surface area contributed by atoms with Crippen LogP contribution in [0.1, 0.15) is 22.3 Å². The molecule has 0 aliphatic carbocycles. The Labute approximate surface area is 487 Å². The number of anilines is 8. The fourth-order valence-electron chi connectivity index (χ4n) is 13.2. The third-order valence-corrected chi connectivity index (χ3v) is 17.3. The Morgan fingerprint density at radius 3 is 0.667 bits per heavy atom. The van der Waals surface area contributed by atoms with Crippen LogP contribution in [-0.4, -0.2) is 18.7 Å². The first kappa shape index (κ1) is 48.9. The zero-order chi connectivity index (χ0) is 56.2. The Morgan fingerprint density at radius 1 is 0.214 bits per heavy atom. The van der Waals surface area contributed by atoms with Crippen molar-refractivity contribution in [3.05, 3.63) is 302 Å². The highest BCUT2D eigenvalue weighted by atomic mass is 15.6. The maximum atomic E-state index is 2.45. The summed E-state index contributed by atoms with van der Waals surface area (Å²) in [7, 11) is 0. The summed E-state index contributed by atoms with van der Waals surface area (Å²) in [5.41, 5.74) is 17.4. The van der Waals surface area contributed by atoms with Gasteiger partial charge in [0.15, 0.2) is 0 Å². The van der Waals surface area contributed by atoms with Gasteiger partial charge in [-0.15, -0.1) is 0 Å². The number of fused-ring (bicyclic) bond motifs is 4. The first-order valence-electron chi connectivity index (χ1n) is 28.8. The van der Waals surface area contributed by atoms with Crippen molar-refractivity contribution in [2.45, 2.75) is 27.7 Å². The van der Waals surface area contributed by atoms with E-state index in [4.69, 9.17) is 0 Å². The molecular formula is C76H58N8. The average Bonchev–Trinajstić information content (AvgIpc) is 2.03. The van der Waals surface area contributed by atoms with Crippen molar-refractivity contribution in [2.75, 3.05) is 20.0 Å². The molecule has 12 aromatic carbocycles. The van der Waals surface area contributed by atoms with E-state index in [0.29, 0.717) is 0 Å². The second-order valence-electron chi connectivity index (χ2n) is 22.2. The number of hydrogen-bond donors (Lipinski definition) is 0. The quantitative estimate of drug-likeness (QED) is 0.114. The molecule has 0 fully saturated rings. The van der Waals surface area contributed by atoms with Gasteiger partial charge in [0, 0.05) is 78.6 Å². The monoisotopic (exact) mass is 1080 g/mol. The van der Waals surface area contributed by atoms with Gasteiger partial charge in [0.1, 0.15) is 0 Å². The van der Waals surface area contributed by atoms with Crippen LogP contribution in [0, 0.1) is 27.7 Å². The number of hydrogen-bond acceptors (Lipinski definition) is 4. The first-order valence-corrected chi connectivity index (χ1v) is 28.8. The molecule has 0 aliphatic heterocycles. The maximum Gasteiger partial charge on any atom is 0.0737 e. The van der Waals surface area contributed by atoms with Crippen LogP contribution in [0.3, 0.4) is 0 Å². The van der Waals surface area contributed by atoms with Gasteiger partial charge in [-0.3, -0.25) is 18.7 Å². The Balaban J connectivity index is 1.13. The van der Waals surface area contributed by atoms with Gasteiger partial charge in [0.05, 0.1) is 67.6 Å². The van der Waals surface area contributed by atoms with Crippen LogP contribution in [0.2, 0.25) is 0 Å². The van der Waals surface area contributed by atoms with Crippen molar-refractivity contribution in [3.8, 4) is 0 Å². The molecule has 0 unspecified atom stereocenters. The summed E-state index contributed by atoms with van der Waals surface area (Å²) in [6.07, 6.45) is 8.91. The van der Waals surface area contributed by atoms with E-state index in [1.165, 1.54) is 0 Å². The summed E-state index contributed by atoms with van der Waals surface area (Å²) in [6.45, 7) is 8.91. The molecule has 0 spiro atoms. The van der Waals surface area contributed by atoms with Crippen LogP contribution in [0.25, 0.3) is 75.9 Å². The summed E-state index contributed by atoms with van der Waals surface area (Å²) in [4.78, 5) is 0. The molecule has 0 aliphatic rings. The van der Waals surface area contributed by atoms with E-state index in [-0.39, 0.29) is 0 Å². The number of aryl methyl sites for hydroxylation is 4. The standard InChI is InChI=1S/C76H58N8/c1-51-21-5-13-29-63(51)81(77-45-41-55-25-9-17-33-67(55)77)71-49-72(82(64-30-14-6-22-52(64)2)78-46-42-56-26-10-18-34-68(56)78)60-39-40-62-74(84(66-32-16-8-24-54(66)4)80-48-44-58-28-12-20-36-70(58)80)50-73(61-38-37-59(71)75(60)76(61)62)83(65-31-15-7-23-53(65)3)79-47-43-57-27-11-19-35-69(57)79/h5-50H,1-4H3. The lowest BCUT2D eigenvalue weighted by Crippen LogP contribution is -2.28. The van der Waals surface area contributed by atoms with E-state index < -0.39 is 0 Å². The lowest BCUT2D eigenvalue weighted by molar-refractivity contribution is 0.841. The van der Waals surface area contributed by atoms with E-state index in [0.717, 1.165) is 144 Å². The fourth-order valence-corrected chi connectivity index (χ4v) is 13.2. The molecule has 8 heteroatoms. The second kappa shape index (κ2) is 19.4. The van der Waals surface area contributed by atoms with E-state index in [1.807, 2.05) is 0 Å². The second-order valence-corrected chi connectivity index (χ2v) is 22.2. The van der Waals surface area contributed by atoms with Gasteiger partial charge in [-0.1, -0.05) is 170 Å². The number of benzene rings is 12. The predicted octanol–water partition coefficient (Wildman–Crippen LogP) is 20.0. The lowest BCUT2D eigenvalue weighted by Gasteiger charge is -2.36. The SMILES string of the molecule is Cc1ccccc1N(c1cc(N(c2ccccc2C)n2ccc3ccccc32)c2ccc3c(N(c4ccccc4C)n4ccc5ccccc54)cc(N(c4ccccc4C)n4ccc5ccccc54)c4ccc1c2c43)n1ccc2ccccc21. The van der Waals surface area contributed by atoms with Crippen LogP contribution in [0.4, 0.5) is 45.5 Å². The Hall–Kier alpha value is -11.0. The molecule has 4 heterocycles. The van der Waals surface area contributed by atoms with Crippen molar-refractivity contribution in [3.63, 3.8) is 0 Å². The molecule has 0 saturated carbocycles. The molecule has 16 rings (SSSR count). The number of nitrogens with zero attached hydrogens (tertiary/aromatic N) is 8. The summed E-state index contributed by atoms with van der Waals surface area (Å²) < 4.78 is 9.40. The average molecular weight is 1080 g/mol. The molecule has 402 valence electrons. The zero-order valence-electron chi connectivity index (χ0n) is 47.1. The predicted molar refractivity (Wildman–Crippen MR) is 353 cm³/mol. The van der Waals surface area contributed by atoms with Crippen LogP contribution in [-0.2, 0) is 0 Å². The normalized spacial score (nSPS) is 11.8. The van der Waals surface area contributed by atoms with E-state index in [1.54, 1.807) is 0 Å². The van der Waals surface area contributed by atoms with Gasteiger partial charge < -0.3 is 0 Å². The number of rotatable bonds is 12. The highest BCUT2D eigenvalue weighted by Gasteiger charge is 2.31. The van der Waals surface area contributed by atoms with Crippen molar-refractivity contribution >= 4 is 121 Å². The van der Waals surface area contributed by atoms with Gasteiger partial charge in [-0.2, -0.15) is 0 Å². The molecule has 0 radical (unpaired) electrons. The van der Waals surface area contributed by atoms with Crippen molar-refractivity contribution in [1.82, 2.24) is 18.7 Å². The molecule has 0 bridgehead atoms. The molecule has 0 saturated heterocycles. The van der Waals surface area contributed by atoms with Crippen LogP contribution in [0.15, 0.2) is 280 Å². The van der Waals surface area contributed by atoms with E-state index >= 15 is 0 Å². The Kier molecular flexibility index (Phi) is 11.3. The number of para-hydroxylation sites is 8. The lowest BCUT2D eigenvalue weighted by atomic mass is 9.90. The molecular weight excluding hydrogens is 1020 g/mol. The molecule has 0 atom stereocenters. The third-order valence-electron chi connectivity index (χ3n) is 17.3. The smallest absolute Gasteiger partial charge is 0.0737 e. The van der Waals surface area contributed by atoms with E-state index in [2.05, 4.69) is 346 Å². The van der Waals surface area contributed by atoms with Crippen LogP contribution >= 0.6 is 0 Å². The largest absolute Gasteiger partial charge is 0.256 e. The van der Waals surface area contributed by atoms with Gasteiger partial charge in [0.25, 0.3) is 0 Å². The molecule has 4 aromatic heterocycles. The molecule has 0 amide bonds. The van der Waals surface area contributed by atoms with Crippen molar-refractivity contribution in [1.29, 1.82) is 0 Å². The summed E-state index contributed by atoms with van der Waals surface area (Å²) in [5, 5.41) is 21.2. The Bertz CT molecular complexity index is 4570. The van der Waals surface area contributed by atoms with Crippen molar-refractivity contribution < 1.29 is 0 Å². The van der Waals surface area contributed by atoms with E-state index in [9.17, 15) is 0 Å².